The summed E-state index contributed by atoms with van der Waals surface area (Å²) >= 11 is 0. The van der Waals surface area contributed by atoms with Crippen molar-refractivity contribution in [1.82, 2.24) is 5.32 Å². The molecular formula is C12H21N. The first-order valence-corrected chi connectivity index (χ1v) is 5.77. The van der Waals surface area contributed by atoms with Gasteiger partial charge >= 0.3 is 0 Å². The second-order valence-corrected chi connectivity index (χ2v) is 4.54. The van der Waals surface area contributed by atoms with Crippen LogP contribution in [0.1, 0.15) is 45.4 Å². The van der Waals surface area contributed by atoms with E-state index in [0.29, 0.717) is 0 Å². The molecule has 0 aromatic carbocycles. The summed E-state index contributed by atoms with van der Waals surface area (Å²) in [6, 6.07) is 0. The Morgan fingerprint density at radius 3 is 2.62 bits per heavy atom. The zero-order valence-corrected chi connectivity index (χ0v) is 8.73. The molecule has 2 aliphatic rings. The summed E-state index contributed by atoms with van der Waals surface area (Å²) in [4.78, 5) is 0. The SMILES string of the molecule is CC(=C1CCCCC1)C1CCNC1. The Morgan fingerprint density at radius 1 is 1.23 bits per heavy atom. The molecule has 74 valence electrons. The van der Waals surface area contributed by atoms with Gasteiger partial charge in [-0.05, 0) is 51.5 Å². The summed E-state index contributed by atoms with van der Waals surface area (Å²) in [7, 11) is 0. The predicted molar refractivity (Wildman–Crippen MR) is 56.8 cm³/mol. The first kappa shape index (κ1) is 9.26. The van der Waals surface area contributed by atoms with Gasteiger partial charge in [0.25, 0.3) is 0 Å². The third-order valence-corrected chi connectivity index (χ3v) is 3.69. The Bertz CT molecular complexity index is 191. The highest BCUT2D eigenvalue weighted by atomic mass is 14.9. The molecule has 0 aromatic heterocycles. The minimum absolute atomic E-state index is 0.869. The molecule has 1 aliphatic heterocycles. The Labute approximate surface area is 81.6 Å². The molecule has 1 saturated carbocycles. The van der Waals surface area contributed by atoms with Gasteiger partial charge in [0, 0.05) is 6.54 Å². The van der Waals surface area contributed by atoms with Crippen LogP contribution in [0.5, 0.6) is 0 Å². The normalized spacial score (nSPS) is 29.3. The Morgan fingerprint density at radius 2 is 2.00 bits per heavy atom. The Balaban J connectivity index is 2.02. The van der Waals surface area contributed by atoms with Gasteiger partial charge in [0.2, 0.25) is 0 Å². The summed E-state index contributed by atoms with van der Waals surface area (Å²) in [5, 5.41) is 3.46. The van der Waals surface area contributed by atoms with Crippen molar-refractivity contribution in [2.24, 2.45) is 5.92 Å². The maximum atomic E-state index is 3.46. The highest BCUT2D eigenvalue weighted by Crippen LogP contribution is 2.30. The molecular weight excluding hydrogens is 158 g/mol. The lowest BCUT2D eigenvalue weighted by molar-refractivity contribution is 0.570. The van der Waals surface area contributed by atoms with Gasteiger partial charge in [-0.3, -0.25) is 0 Å². The van der Waals surface area contributed by atoms with Crippen molar-refractivity contribution < 1.29 is 0 Å². The molecule has 0 radical (unpaired) electrons. The second kappa shape index (κ2) is 4.28. The average Bonchev–Trinajstić information content (AvgIpc) is 2.71. The van der Waals surface area contributed by atoms with Crippen LogP contribution in [0.3, 0.4) is 0 Å². The van der Waals surface area contributed by atoms with E-state index in [1.807, 2.05) is 0 Å². The van der Waals surface area contributed by atoms with E-state index in [2.05, 4.69) is 12.2 Å². The molecule has 1 atom stereocenters. The van der Waals surface area contributed by atoms with Gasteiger partial charge in [-0.2, -0.15) is 0 Å². The number of hydrogen-bond donors (Lipinski definition) is 1. The number of hydrogen-bond acceptors (Lipinski definition) is 1. The van der Waals surface area contributed by atoms with Gasteiger partial charge < -0.3 is 5.32 Å². The first-order chi connectivity index (χ1) is 6.38. The molecule has 0 aromatic rings. The third kappa shape index (κ3) is 2.14. The Hall–Kier alpha value is -0.300. The minimum atomic E-state index is 0.869. The smallest absolute Gasteiger partial charge is 0.00173 e. The standard InChI is InChI=1S/C12H21N/c1-10(12-7-8-13-9-12)11-5-3-2-4-6-11/h12-13H,2-9H2,1H3. The van der Waals surface area contributed by atoms with E-state index in [4.69, 9.17) is 0 Å². The lowest BCUT2D eigenvalue weighted by Crippen LogP contribution is -2.11. The molecule has 2 fully saturated rings. The fourth-order valence-corrected chi connectivity index (χ4v) is 2.69. The molecule has 2 rings (SSSR count). The van der Waals surface area contributed by atoms with E-state index in [-0.39, 0.29) is 0 Å². The Kier molecular flexibility index (Phi) is 3.05. The molecule has 0 amide bonds. The fourth-order valence-electron chi connectivity index (χ4n) is 2.69. The molecule has 1 heterocycles. The molecule has 13 heavy (non-hydrogen) atoms. The van der Waals surface area contributed by atoms with E-state index in [1.165, 1.54) is 51.6 Å². The topological polar surface area (TPSA) is 12.0 Å². The van der Waals surface area contributed by atoms with Crippen molar-refractivity contribution >= 4 is 0 Å². The molecule has 0 spiro atoms. The van der Waals surface area contributed by atoms with Crippen LogP contribution in [0.2, 0.25) is 0 Å². The fraction of sp³-hybridized carbons (Fsp3) is 0.833. The molecule has 1 aliphatic carbocycles. The van der Waals surface area contributed by atoms with Crippen molar-refractivity contribution in [3.05, 3.63) is 11.1 Å². The van der Waals surface area contributed by atoms with Crippen LogP contribution < -0.4 is 5.32 Å². The molecule has 1 heteroatoms. The van der Waals surface area contributed by atoms with Crippen LogP contribution in [0.25, 0.3) is 0 Å². The number of nitrogens with one attached hydrogen (secondary N) is 1. The zero-order chi connectivity index (χ0) is 9.10. The van der Waals surface area contributed by atoms with Gasteiger partial charge in [-0.1, -0.05) is 17.6 Å². The van der Waals surface area contributed by atoms with Gasteiger partial charge in [-0.25, -0.2) is 0 Å². The summed E-state index contributed by atoms with van der Waals surface area (Å²) in [5.74, 6) is 0.869. The van der Waals surface area contributed by atoms with Gasteiger partial charge in [0.1, 0.15) is 0 Å². The maximum absolute atomic E-state index is 3.46. The molecule has 1 N–H and O–H groups in total. The van der Waals surface area contributed by atoms with Crippen LogP contribution in [0, 0.1) is 5.92 Å². The van der Waals surface area contributed by atoms with Crippen molar-refractivity contribution in [2.45, 2.75) is 45.4 Å². The lowest BCUT2D eigenvalue weighted by Gasteiger charge is -2.20. The predicted octanol–water partition coefficient (Wildman–Crippen LogP) is 2.88. The van der Waals surface area contributed by atoms with Gasteiger partial charge in [-0.15, -0.1) is 0 Å². The number of rotatable bonds is 1. The van der Waals surface area contributed by atoms with E-state index in [1.54, 1.807) is 11.1 Å². The zero-order valence-electron chi connectivity index (χ0n) is 8.73. The monoisotopic (exact) mass is 179 g/mol. The van der Waals surface area contributed by atoms with Gasteiger partial charge in [0.05, 0.1) is 0 Å². The highest BCUT2D eigenvalue weighted by Gasteiger charge is 2.19. The second-order valence-electron chi connectivity index (χ2n) is 4.54. The summed E-state index contributed by atoms with van der Waals surface area (Å²) < 4.78 is 0. The molecule has 0 bridgehead atoms. The van der Waals surface area contributed by atoms with E-state index < -0.39 is 0 Å². The number of allylic oxidation sites excluding steroid dienone is 1. The summed E-state index contributed by atoms with van der Waals surface area (Å²) in [6.45, 7) is 4.84. The van der Waals surface area contributed by atoms with Gasteiger partial charge in [0.15, 0.2) is 0 Å². The first-order valence-electron chi connectivity index (χ1n) is 5.77. The van der Waals surface area contributed by atoms with Crippen LogP contribution in [0.4, 0.5) is 0 Å². The van der Waals surface area contributed by atoms with Crippen LogP contribution in [-0.4, -0.2) is 13.1 Å². The van der Waals surface area contributed by atoms with E-state index >= 15 is 0 Å². The van der Waals surface area contributed by atoms with Crippen molar-refractivity contribution in [1.29, 1.82) is 0 Å². The quantitative estimate of drug-likeness (QED) is 0.610. The average molecular weight is 179 g/mol. The highest BCUT2D eigenvalue weighted by molar-refractivity contribution is 5.17. The lowest BCUT2D eigenvalue weighted by atomic mass is 9.86. The van der Waals surface area contributed by atoms with Crippen molar-refractivity contribution in [3.8, 4) is 0 Å². The van der Waals surface area contributed by atoms with E-state index in [9.17, 15) is 0 Å². The summed E-state index contributed by atoms with van der Waals surface area (Å²) in [5.41, 5.74) is 3.52. The molecule has 1 unspecified atom stereocenters. The van der Waals surface area contributed by atoms with Crippen molar-refractivity contribution in [2.75, 3.05) is 13.1 Å². The maximum Gasteiger partial charge on any atom is 0.00173 e. The molecule has 1 saturated heterocycles. The van der Waals surface area contributed by atoms with Crippen LogP contribution >= 0.6 is 0 Å². The third-order valence-electron chi connectivity index (χ3n) is 3.69. The van der Waals surface area contributed by atoms with Crippen LogP contribution in [-0.2, 0) is 0 Å². The van der Waals surface area contributed by atoms with Crippen molar-refractivity contribution in [3.63, 3.8) is 0 Å². The molecule has 1 nitrogen and oxygen atoms in total. The minimum Gasteiger partial charge on any atom is -0.316 e. The van der Waals surface area contributed by atoms with E-state index in [0.717, 1.165) is 5.92 Å². The largest absolute Gasteiger partial charge is 0.316 e. The summed E-state index contributed by atoms with van der Waals surface area (Å²) in [6.07, 6.45) is 8.49. The van der Waals surface area contributed by atoms with Crippen LogP contribution in [0.15, 0.2) is 11.1 Å².